The van der Waals surface area contributed by atoms with Crippen molar-refractivity contribution in [3.63, 3.8) is 0 Å². The van der Waals surface area contributed by atoms with Crippen molar-refractivity contribution in [2.45, 2.75) is 58.0 Å². The first kappa shape index (κ1) is 19.7. The average Bonchev–Trinajstić information content (AvgIpc) is 2.75. The zero-order valence-electron chi connectivity index (χ0n) is 17.6. The second kappa shape index (κ2) is 9.28. The van der Waals surface area contributed by atoms with E-state index < -0.39 is 0 Å². The summed E-state index contributed by atoms with van der Waals surface area (Å²) in [6, 6.07) is 22.3. The van der Waals surface area contributed by atoms with Crippen molar-refractivity contribution in [2.24, 2.45) is 0 Å². The fourth-order valence-electron chi connectivity index (χ4n) is 4.36. The van der Waals surface area contributed by atoms with Gasteiger partial charge in [-0.05, 0) is 47.9 Å². The standard InChI is InChI=1S/C27H32N2/c1-3-4-5-7-11-20(2)28-25-19-17-24-26(29-22-13-8-6-9-14-22)18-16-21-12-10-15-23(25)27(21)24/h6,8-10,12-20,25,28-29H,3-5,7,11H2,1-2H3. The number of para-hydroxylation sites is 1. The molecule has 1 aliphatic carbocycles. The number of nitrogens with one attached hydrogen (secondary N) is 2. The van der Waals surface area contributed by atoms with Crippen LogP contribution < -0.4 is 10.6 Å². The lowest BCUT2D eigenvalue weighted by molar-refractivity contribution is 0.458. The van der Waals surface area contributed by atoms with Gasteiger partial charge in [0.2, 0.25) is 0 Å². The molecule has 0 aliphatic heterocycles. The van der Waals surface area contributed by atoms with E-state index in [9.17, 15) is 0 Å². The van der Waals surface area contributed by atoms with Gasteiger partial charge in [-0.3, -0.25) is 0 Å². The van der Waals surface area contributed by atoms with Crippen molar-refractivity contribution in [3.05, 3.63) is 77.9 Å². The summed E-state index contributed by atoms with van der Waals surface area (Å²) in [5.41, 5.74) is 4.96. The summed E-state index contributed by atoms with van der Waals surface area (Å²) in [5.74, 6) is 0. The van der Waals surface area contributed by atoms with Crippen LogP contribution in [0.2, 0.25) is 0 Å². The quantitative estimate of drug-likeness (QED) is 0.371. The van der Waals surface area contributed by atoms with E-state index in [4.69, 9.17) is 0 Å². The third-order valence-electron chi connectivity index (χ3n) is 5.92. The number of hydrogen-bond donors (Lipinski definition) is 2. The van der Waals surface area contributed by atoms with Gasteiger partial charge in [0.05, 0.1) is 6.04 Å². The first-order valence-electron chi connectivity index (χ1n) is 11.1. The lowest BCUT2D eigenvalue weighted by atomic mass is 9.88. The predicted molar refractivity (Wildman–Crippen MR) is 127 cm³/mol. The molecule has 3 aromatic carbocycles. The fraction of sp³-hybridized carbons (Fsp3) is 0.333. The van der Waals surface area contributed by atoms with E-state index in [2.05, 4.69) is 91.2 Å². The zero-order chi connectivity index (χ0) is 20.1. The highest BCUT2D eigenvalue weighted by molar-refractivity contribution is 6.00. The SMILES string of the molecule is CCCCCCC(C)NC1C=Cc2c(Nc3ccccc3)ccc3cccc1c23. The highest BCUT2D eigenvalue weighted by Gasteiger charge is 2.20. The van der Waals surface area contributed by atoms with Gasteiger partial charge in [0, 0.05) is 23.0 Å². The molecular weight excluding hydrogens is 352 g/mol. The number of unbranched alkanes of at least 4 members (excludes halogenated alkanes) is 3. The molecule has 0 radical (unpaired) electrons. The van der Waals surface area contributed by atoms with E-state index >= 15 is 0 Å². The Bertz CT molecular complexity index is 974. The molecule has 2 N–H and O–H groups in total. The molecule has 0 saturated carbocycles. The van der Waals surface area contributed by atoms with Crippen molar-refractivity contribution >= 4 is 28.2 Å². The summed E-state index contributed by atoms with van der Waals surface area (Å²) in [6.45, 7) is 4.59. The van der Waals surface area contributed by atoms with Crippen LogP contribution in [0.3, 0.4) is 0 Å². The Balaban J connectivity index is 1.58. The van der Waals surface area contributed by atoms with E-state index in [1.54, 1.807) is 0 Å². The van der Waals surface area contributed by atoms with E-state index in [1.807, 2.05) is 6.07 Å². The number of anilines is 2. The highest BCUT2D eigenvalue weighted by Crippen LogP contribution is 2.38. The van der Waals surface area contributed by atoms with Crippen LogP contribution in [-0.4, -0.2) is 6.04 Å². The van der Waals surface area contributed by atoms with Gasteiger partial charge in [0.1, 0.15) is 0 Å². The van der Waals surface area contributed by atoms with Crippen LogP contribution in [0.1, 0.15) is 63.1 Å². The maximum absolute atomic E-state index is 3.86. The maximum atomic E-state index is 3.86. The zero-order valence-corrected chi connectivity index (χ0v) is 17.6. The molecule has 2 atom stereocenters. The van der Waals surface area contributed by atoms with E-state index in [-0.39, 0.29) is 6.04 Å². The normalized spacial score (nSPS) is 16.1. The molecule has 2 nitrogen and oxygen atoms in total. The lowest BCUT2D eigenvalue weighted by Gasteiger charge is -2.27. The molecular formula is C27H32N2. The molecule has 2 unspecified atom stereocenters. The Hall–Kier alpha value is -2.58. The van der Waals surface area contributed by atoms with Gasteiger partial charge in [0.15, 0.2) is 0 Å². The Morgan fingerprint density at radius 2 is 1.76 bits per heavy atom. The first-order valence-corrected chi connectivity index (χ1v) is 11.1. The Morgan fingerprint density at radius 3 is 2.59 bits per heavy atom. The molecule has 0 amide bonds. The van der Waals surface area contributed by atoms with Gasteiger partial charge in [-0.2, -0.15) is 0 Å². The van der Waals surface area contributed by atoms with Gasteiger partial charge in [-0.1, -0.05) is 87.2 Å². The predicted octanol–water partition coefficient (Wildman–Crippen LogP) is 7.60. The summed E-state index contributed by atoms with van der Waals surface area (Å²) in [4.78, 5) is 0. The first-order chi connectivity index (χ1) is 14.3. The average molecular weight is 385 g/mol. The van der Waals surface area contributed by atoms with E-state index in [0.717, 1.165) is 5.69 Å². The van der Waals surface area contributed by atoms with Crippen molar-refractivity contribution in [1.29, 1.82) is 0 Å². The lowest BCUT2D eigenvalue weighted by Crippen LogP contribution is -2.30. The Kier molecular flexibility index (Phi) is 6.31. The van der Waals surface area contributed by atoms with E-state index in [0.29, 0.717) is 6.04 Å². The van der Waals surface area contributed by atoms with Crippen molar-refractivity contribution < 1.29 is 0 Å². The molecule has 2 heteroatoms. The van der Waals surface area contributed by atoms with Crippen LogP contribution in [0.25, 0.3) is 16.8 Å². The van der Waals surface area contributed by atoms with Crippen molar-refractivity contribution in [2.75, 3.05) is 5.32 Å². The second-order valence-electron chi connectivity index (χ2n) is 8.22. The summed E-state index contributed by atoms with van der Waals surface area (Å²) >= 11 is 0. The monoisotopic (exact) mass is 384 g/mol. The molecule has 29 heavy (non-hydrogen) atoms. The third kappa shape index (κ3) is 4.54. The molecule has 4 rings (SSSR count). The minimum Gasteiger partial charge on any atom is -0.355 e. The summed E-state index contributed by atoms with van der Waals surface area (Å²) in [5, 5.41) is 10.1. The minimum atomic E-state index is 0.277. The summed E-state index contributed by atoms with van der Waals surface area (Å²) < 4.78 is 0. The fourth-order valence-corrected chi connectivity index (χ4v) is 4.36. The van der Waals surface area contributed by atoms with Crippen molar-refractivity contribution in [3.8, 4) is 0 Å². The van der Waals surface area contributed by atoms with Gasteiger partial charge < -0.3 is 10.6 Å². The molecule has 0 saturated heterocycles. The summed E-state index contributed by atoms with van der Waals surface area (Å²) in [6.07, 6.45) is 11.2. The molecule has 150 valence electrons. The van der Waals surface area contributed by atoms with E-state index in [1.165, 1.54) is 59.7 Å². The second-order valence-corrected chi connectivity index (χ2v) is 8.22. The van der Waals surface area contributed by atoms with Gasteiger partial charge in [-0.15, -0.1) is 0 Å². The Morgan fingerprint density at radius 1 is 0.897 bits per heavy atom. The molecule has 0 fully saturated rings. The van der Waals surface area contributed by atoms with Crippen LogP contribution in [0.4, 0.5) is 11.4 Å². The molecule has 0 bridgehead atoms. The topological polar surface area (TPSA) is 24.1 Å². The van der Waals surface area contributed by atoms with Crippen LogP contribution in [0, 0.1) is 0 Å². The van der Waals surface area contributed by atoms with Crippen LogP contribution in [-0.2, 0) is 0 Å². The molecule has 0 spiro atoms. The van der Waals surface area contributed by atoms with Gasteiger partial charge >= 0.3 is 0 Å². The van der Waals surface area contributed by atoms with Crippen LogP contribution >= 0.6 is 0 Å². The van der Waals surface area contributed by atoms with Gasteiger partial charge in [0.25, 0.3) is 0 Å². The summed E-state index contributed by atoms with van der Waals surface area (Å²) in [7, 11) is 0. The smallest absolute Gasteiger partial charge is 0.0517 e. The van der Waals surface area contributed by atoms with Crippen LogP contribution in [0.15, 0.2) is 66.7 Å². The molecule has 0 aromatic heterocycles. The molecule has 0 heterocycles. The molecule has 3 aromatic rings. The highest BCUT2D eigenvalue weighted by atomic mass is 14.9. The molecule has 1 aliphatic rings. The largest absolute Gasteiger partial charge is 0.355 e. The minimum absolute atomic E-state index is 0.277. The third-order valence-corrected chi connectivity index (χ3v) is 5.92. The van der Waals surface area contributed by atoms with Gasteiger partial charge in [-0.25, -0.2) is 0 Å². The van der Waals surface area contributed by atoms with Crippen molar-refractivity contribution in [1.82, 2.24) is 5.32 Å². The number of benzene rings is 3. The Labute approximate surface area is 175 Å². The number of hydrogen-bond acceptors (Lipinski definition) is 2. The maximum Gasteiger partial charge on any atom is 0.0517 e. The van der Waals surface area contributed by atoms with Crippen LogP contribution in [0.5, 0.6) is 0 Å². The number of rotatable bonds is 9.